The first kappa shape index (κ1) is 7.79. The molecule has 0 spiro atoms. The summed E-state index contributed by atoms with van der Waals surface area (Å²) >= 11 is 0. The van der Waals surface area contributed by atoms with Crippen molar-refractivity contribution in [2.24, 2.45) is 0 Å². The summed E-state index contributed by atoms with van der Waals surface area (Å²) in [6.45, 7) is 1.94. The van der Waals surface area contributed by atoms with Crippen LogP contribution in [0.3, 0.4) is 0 Å². The van der Waals surface area contributed by atoms with Crippen molar-refractivity contribution in [2.75, 3.05) is 5.73 Å². The number of pyridine rings is 1. The molecule has 2 rings (SSSR count). The Kier molecular flexibility index (Phi) is 1.73. The van der Waals surface area contributed by atoms with E-state index in [2.05, 4.69) is 10.1 Å². The van der Waals surface area contributed by atoms with E-state index < -0.39 is 0 Å². The minimum Gasteiger partial charge on any atom is -0.396 e. The number of rotatable bonds is 1. The smallest absolute Gasteiger partial charge is 0.153 e. The molecule has 0 amide bonds. The summed E-state index contributed by atoms with van der Waals surface area (Å²) in [6, 6.07) is 5.77. The van der Waals surface area contributed by atoms with Gasteiger partial charge < -0.3 is 5.73 Å². The molecule has 2 aromatic heterocycles. The van der Waals surface area contributed by atoms with Gasteiger partial charge >= 0.3 is 0 Å². The maximum Gasteiger partial charge on any atom is 0.153 e. The molecule has 0 atom stereocenters. The largest absolute Gasteiger partial charge is 0.396 e. The molecule has 0 fully saturated rings. The summed E-state index contributed by atoms with van der Waals surface area (Å²) in [5.74, 6) is 0.789. The number of nitrogens with zero attached hydrogens (tertiary/aromatic N) is 3. The first-order valence-electron chi connectivity index (χ1n) is 4.00. The average Bonchev–Trinajstić information content (AvgIpc) is 2.52. The van der Waals surface area contributed by atoms with Crippen molar-refractivity contribution in [1.82, 2.24) is 14.8 Å². The lowest BCUT2D eigenvalue weighted by Gasteiger charge is -1.99. The van der Waals surface area contributed by atoms with Gasteiger partial charge in [0.1, 0.15) is 0 Å². The molecule has 0 saturated heterocycles. The molecule has 13 heavy (non-hydrogen) atoms. The third kappa shape index (κ3) is 1.51. The molecule has 0 aliphatic rings. The number of hydrogen-bond donors (Lipinski definition) is 1. The van der Waals surface area contributed by atoms with Gasteiger partial charge in [0.2, 0.25) is 0 Å². The highest BCUT2D eigenvalue weighted by atomic mass is 15.3. The Labute approximate surface area is 76.0 Å². The molecule has 0 unspecified atom stereocenters. The fourth-order valence-electron chi connectivity index (χ4n) is 1.12. The lowest BCUT2D eigenvalue weighted by molar-refractivity contribution is 0.841. The fraction of sp³-hybridized carbons (Fsp3) is 0.111. The molecule has 0 aliphatic carbocycles. The Hall–Kier alpha value is -1.84. The Morgan fingerprint density at radius 3 is 2.85 bits per heavy atom. The summed E-state index contributed by atoms with van der Waals surface area (Å²) in [5, 5.41) is 4.06. The number of nitrogen functional groups attached to an aromatic ring is 1. The molecule has 4 nitrogen and oxygen atoms in total. The summed E-state index contributed by atoms with van der Waals surface area (Å²) in [4.78, 5) is 4.30. The second-order valence-electron chi connectivity index (χ2n) is 2.86. The zero-order valence-electron chi connectivity index (χ0n) is 7.31. The molecule has 0 aliphatic heterocycles. The molecule has 0 aromatic carbocycles. The molecular formula is C9H10N4. The number of hydrogen-bond acceptors (Lipinski definition) is 3. The standard InChI is InChI=1S/C9H10N4/c1-7-3-2-4-9(12-7)13-6-8(10)5-11-13/h2-6H,10H2,1H3. The van der Waals surface area contributed by atoms with E-state index in [4.69, 9.17) is 5.73 Å². The maximum absolute atomic E-state index is 5.54. The number of aromatic nitrogens is 3. The number of nitrogens with two attached hydrogens (primary N) is 1. The summed E-state index contributed by atoms with van der Waals surface area (Å²) in [7, 11) is 0. The van der Waals surface area contributed by atoms with E-state index in [1.54, 1.807) is 17.1 Å². The van der Waals surface area contributed by atoms with Crippen molar-refractivity contribution in [2.45, 2.75) is 6.92 Å². The van der Waals surface area contributed by atoms with E-state index in [-0.39, 0.29) is 0 Å². The highest BCUT2D eigenvalue weighted by Crippen LogP contribution is 2.06. The predicted octanol–water partition coefficient (Wildman–Crippen LogP) is 1.16. The first-order chi connectivity index (χ1) is 6.25. The minimum atomic E-state index is 0.642. The molecule has 4 heteroatoms. The lowest BCUT2D eigenvalue weighted by atomic mass is 10.4. The highest BCUT2D eigenvalue weighted by Gasteiger charge is 1.98. The Balaban J connectivity index is 2.46. The Morgan fingerprint density at radius 1 is 1.38 bits per heavy atom. The van der Waals surface area contributed by atoms with Gasteiger partial charge in [-0.3, -0.25) is 0 Å². The van der Waals surface area contributed by atoms with E-state index in [1.807, 2.05) is 25.1 Å². The topological polar surface area (TPSA) is 56.7 Å². The average molecular weight is 174 g/mol. The third-order valence-electron chi connectivity index (χ3n) is 1.71. The van der Waals surface area contributed by atoms with Gasteiger partial charge in [0.05, 0.1) is 18.1 Å². The summed E-state index contributed by atoms with van der Waals surface area (Å²) in [5.41, 5.74) is 7.15. The van der Waals surface area contributed by atoms with Crippen molar-refractivity contribution in [3.63, 3.8) is 0 Å². The van der Waals surface area contributed by atoms with Crippen LogP contribution in [0.15, 0.2) is 30.6 Å². The van der Waals surface area contributed by atoms with Gasteiger partial charge in [-0.25, -0.2) is 9.67 Å². The van der Waals surface area contributed by atoms with Gasteiger partial charge in [-0.2, -0.15) is 5.10 Å². The van der Waals surface area contributed by atoms with Crippen molar-refractivity contribution in [3.05, 3.63) is 36.3 Å². The van der Waals surface area contributed by atoms with Gasteiger partial charge in [-0.1, -0.05) is 6.07 Å². The Bertz CT molecular complexity index is 419. The van der Waals surface area contributed by atoms with Crippen LogP contribution in [0.1, 0.15) is 5.69 Å². The van der Waals surface area contributed by atoms with Crippen molar-refractivity contribution in [3.8, 4) is 5.82 Å². The molecule has 0 radical (unpaired) electrons. The molecule has 0 bridgehead atoms. The van der Waals surface area contributed by atoms with Crippen molar-refractivity contribution < 1.29 is 0 Å². The second-order valence-corrected chi connectivity index (χ2v) is 2.86. The SMILES string of the molecule is Cc1cccc(-n2cc(N)cn2)n1. The number of anilines is 1. The van der Waals surface area contributed by atoms with E-state index in [1.165, 1.54) is 0 Å². The molecule has 66 valence electrons. The van der Waals surface area contributed by atoms with Crippen LogP contribution in [0, 0.1) is 6.92 Å². The van der Waals surface area contributed by atoms with Gasteiger partial charge in [0, 0.05) is 5.69 Å². The lowest BCUT2D eigenvalue weighted by Crippen LogP contribution is -1.98. The maximum atomic E-state index is 5.54. The van der Waals surface area contributed by atoms with Crippen molar-refractivity contribution in [1.29, 1.82) is 0 Å². The van der Waals surface area contributed by atoms with E-state index in [9.17, 15) is 0 Å². The van der Waals surface area contributed by atoms with Crippen LogP contribution in [0.4, 0.5) is 5.69 Å². The van der Waals surface area contributed by atoms with Gasteiger partial charge in [-0.15, -0.1) is 0 Å². The van der Waals surface area contributed by atoms with E-state index >= 15 is 0 Å². The second kappa shape index (κ2) is 2.90. The zero-order valence-corrected chi connectivity index (χ0v) is 7.31. The van der Waals surface area contributed by atoms with Crippen LogP contribution >= 0.6 is 0 Å². The fourth-order valence-corrected chi connectivity index (χ4v) is 1.12. The van der Waals surface area contributed by atoms with Crippen LogP contribution in [0.2, 0.25) is 0 Å². The summed E-state index contributed by atoms with van der Waals surface area (Å²) in [6.07, 6.45) is 3.34. The molecule has 0 saturated carbocycles. The van der Waals surface area contributed by atoms with E-state index in [0.29, 0.717) is 5.69 Å². The van der Waals surface area contributed by atoms with Crippen LogP contribution < -0.4 is 5.73 Å². The Morgan fingerprint density at radius 2 is 2.23 bits per heavy atom. The molecule has 2 heterocycles. The normalized spacial score (nSPS) is 10.2. The minimum absolute atomic E-state index is 0.642. The first-order valence-corrected chi connectivity index (χ1v) is 4.00. The molecular weight excluding hydrogens is 164 g/mol. The van der Waals surface area contributed by atoms with E-state index in [0.717, 1.165) is 11.5 Å². The molecule has 2 aromatic rings. The summed E-state index contributed by atoms with van der Waals surface area (Å²) < 4.78 is 1.66. The number of aryl methyl sites for hydroxylation is 1. The van der Waals surface area contributed by atoms with Crippen LogP contribution in [0.5, 0.6) is 0 Å². The third-order valence-corrected chi connectivity index (χ3v) is 1.71. The van der Waals surface area contributed by atoms with Gasteiger partial charge in [0.25, 0.3) is 0 Å². The molecule has 2 N–H and O–H groups in total. The highest BCUT2D eigenvalue weighted by molar-refractivity contribution is 5.35. The zero-order chi connectivity index (χ0) is 9.26. The van der Waals surface area contributed by atoms with Crippen LogP contribution in [-0.2, 0) is 0 Å². The van der Waals surface area contributed by atoms with Crippen LogP contribution in [-0.4, -0.2) is 14.8 Å². The van der Waals surface area contributed by atoms with Gasteiger partial charge in [-0.05, 0) is 19.1 Å². The van der Waals surface area contributed by atoms with Crippen LogP contribution in [0.25, 0.3) is 5.82 Å². The van der Waals surface area contributed by atoms with Gasteiger partial charge in [0.15, 0.2) is 5.82 Å². The predicted molar refractivity (Wildman–Crippen MR) is 50.5 cm³/mol. The monoisotopic (exact) mass is 174 g/mol. The quantitative estimate of drug-likeness (QED) is 0.705. The van der Waals surface area contributed by atoms with Crippen molar-refractivity contribution >= 4 is 5.69 Å².